The quantitative estimate of drug-likeness (QED) is 0.423. The SMILES string of the molecule is CC(O)CO.COOOC. The molecule has 0 aliphatic heterocycles. The first-order chi connectivity index (χ1) is 4.68. The summed E-state index contributed by atoms with van der Waals surface area (Å²) in [5.74, 6) is 0. The molecule has 0 radical (unpaired) electrons. The average molecular weight is 154 g/mol. The molecular formula is C5H14O5. The number of hydrogen-bond donors (Lipinski definition) is 2. The van der Waals surface area contributed by atoms with Crippen molar-refractivity contribution in [3.05, 3.63) is 0 Å². The van der Waals surface area contributed by atoms with E-state index in [-0.39, 0.29) is 6.61 Å². The molecule has 0 spiro atoms. The van der Waals surface area contributed by atoms with Crippen LogP contribution < -0.4 is 0 Å². The van der Waals surface area contributed by atoms with Crippen molar-refractivity contribution >= 4 is 0 Å². The van der Waals surface area contributed by atoms with E-state index in [1.54, 1.807) is 0 Å². The molecule has 1 atom stereocenters. The smallest absolute Gasteiger partial charge is 0.0744 e. The fourth-order valence-electron chi connectivity index (χ4n) is 0.0680. The first-order valence-electron chi connectivity index (χ1n) is 2.71. The molecule has 0 fully saturated rings. The third-order valence-corrected chi connectivity index (χ3v) is 0.400. The van der Waals surface area contributed by atoms with Crippen molar-refractivity contribution < 1.29 is 25.0 Å². The Bertz CT molecular complexity index is 45.3. The number of aliphatic hydroxyl groups is 2. The lowest BCUT2D eigenvalue weighted by Gasteiger charge is -1.90. The largest absolute Gasteiger partial charge is 0.394 e. The minimum atomic E-state index is -0.560. The summed E-state index contributed by atoms with van der Waals surface area (Å²) in [5, 5.41) is 19.8. The minimum Gasteiger partial charge on any atom is -0.394 e. The first kappa shape index (κ1) is 12.5. The van der Waals surface area contributed by atoms with Gasteiger partial charge in [-0.3, -0.25) is 0 Å². The third-order valence-electron chi connectivity index (χ3n) is 0.400. The van der Waals surface area contributed by atoms with Crippen LogP contribution in [0.25, 0.3) is 0 Å². The van der Waals surface area contributed by atoms with Crippen molar-refractivity contribution in [2.45, 2.75) is 13.0 Å². The summed E-state index contributed by atoms with van der Waals surface area (Å²) in [6.07, 6.45) is -0.560. The van der Waals surface area contributed by atoms with Crippen LogP contribution in [0.2, 0.25) is 0 Å². The van der Waals surface area contributed by atoms with E-state index in [4.69, 9.17) is 10.2 Å². The summed E-state index contributed by atoms with van der Waals surface area (Å²) in [6, 6.07) is 0. The van der Waals surface area contributed by atoms with E-state index in [1.807, 2.05) is 0 Å². The number of aliphatic hydroxyl groups excluding tert-OH is 2. The van der Waals surface area contributed by atoms with Gasteiger partial charge < -0.3 is 10.2 Å². The molecule has 0 amide bonds. The van der Waals surface area contributed by atoms with Crippen molar-refractivity contribution in [3.8, 4) is 0 Å². The minimum absolute atomic E-state index is 0.139. The fourth-order valence-corrected chi connectivity index (χ4v) is 0.0680. The predicted molar refractivity (Wildman–Crippen MR) is 33.9 cm³/mol. The van der Waals surface area contributed by atoms with Crippen LogP contribution in [0.3, 0.4) is 0 Å². The monoisotopic (exact) mass is 154 g/mol. The molecular weight excluding hydrogens is 140 g/mol. The normalized spacial score (nSPS) is 11.7. The lowest BCUT2D eigenvalue weighted by Crippen LogP contribution is -2.03. The van der Waals surface area contributed by atoms with Gasteiger partial charge in [0.05, 0.1) is 26.9 Å². The molecule has 0 rings (SSSR count). The summed E-state index contributed by atoms with van der Waals surface area (Å²) < 4.78 is 0. The first-order valence-corrected chi connectivity index (χ1v) is 2.71. The molecule has 5 nitrogen and oxygen atoms in total. The summed E-state index contributed by atoms with van der Waals surface area (Å²) in [5.41, 5.74) is 0. The van der Waals surface area contributed by atoms with Crippen LogP contribution in [0.15, 0.2) is 0 Å². The van der Waals surface area contributed by atoms with Crippen LogP contribution in [0, 0.1) is 0 Å². The summed E-state index contributed by atoms with van der Waals surface area (Å²) >= 11 is 0. The van der Waals surface area contributed by atoms with Gasteiger partial charge in [0.15, 0.2) is 0 Å². The van der Waals surface area contributed by atoms with Gasteiger partial charge in [-0.1, -0.05) is 5.04 Å². The van der Waals surface area contributed by atoms with E-state index in [0.717, 1.165) is 0 Å². The van der Waals surface area contributed by atoms with E-state index in [0.29, 0.717) is 0 Å². The molecule has 10 heavy (non-hydrogen) atoms. The Morgan fingerprint density at radius 3 is 1.60 bits per heavy atom. The average Bonchev–Trinajstić information content (AvgIpc) is 1.91. The van der Waals surface area contributed by atoms with Crippen LogP contribution in [-0.4, -0.2) is 37.1 Å². The molecule has 0 aliphatic rings. The van der Waals surface area contributed by atoms with E-state index >= 15 is 0 Å². The highest BCUT2D eigenvalue weighted by molar-refractivity contribution is 4.33. The summed E-state index contributed by atoms with van der Waals surface area (Å²) in [6.45, 7) is 1.39. The van der Waals surface area contributed by atoms with Gasteiger partial charge >= 0.3 is 0 Å². The summed E-state index contributed by atoms with van der Waals surface area (Å²) in [4.78, 5) is 7.94. The van der Waals surface area contributed by atoms with Gasteiger partial charge in [-0.2, -0.15) is 0 Å². The Kier molecular flexibility index (Phi) is 14.4. The number of hydrogen-bond acceptors (Lipinski definition) is 5. The zero-order valence-corrected chi connectivity index (χ0v) is 6.40. The van der Waals surface area contributed by atoms with Crippen LogP contribution >= 0.6 is 0 Å². The van der Waals surface area contributed by atoms with Crippen molar-refractivity contribution in [1.29, 1.82) is 0 Å². The van der Waals surface area contributed by atoms with Crippen molar-refractivity contribution in [3.63, 3.8) is 0 Å². The number of rotatable bonds is 3. The maximum Gasteiger partial charge on any atom is 0.0744 e. The third kappa shape index (κ3) is 25.0. The maximum atomic E-state index is 8.11. The molecule has 0 aromatic carbocycles. The second kappa shape index (κ2) is 11.6. The molecule has 0 aromatic heterocycles. The molecule has 1 unspecified atom stereocenters. The lowest BCUT2D eigenvalue weighted by atomic mass is 10.5. The van der Waals surface area contributed by atoms with Crippen LogP contribution in [-0.2, 0) is 14.8 Å². The van der Waals surface area contributed by atoms with E-state index in [2.05, 4.69) is 14.8 Å². The Balaban J connectivity index is 0. The second-order valence-corrected chi connectivity index (χ2v) is 1.43. The molecule has 0 aliphatic carbocycles. The van der Waals surface area contributed by atoms with Gasteiger partial charge in [0, 0.05) is 0 Å². The Hall–Kier alpha value is -0.200. The van der Waals surface area contributed by atoms with Gasteiger partial charge in [0.1, 0.15) is 0 Å². The molecule has 2 N–H and O–H groups in total. The van der Waals surface area contributed by atoms with Gasteiger partial charge in [0.2, 0.25) is 0 Å². The van der Waals surface area contributed by atoms with Crippen LogP contribution in [0.4, 0.5) is 0 Å². The molecule has 0 saturated heterocycles. The zero-order chi connectivity index (χ0) is 8.41. The summed E-state index contributed by atoms with van der Waals surface area (Å²) in [7, 11) is 2.73. The Morgan fingerprint density at radius 1 is 1.30 bits per heavy atom. The molecule has 0 aromatic rings. The highest BCUT2D eigenvalue weighted by Crippen LogP contribution is 1.68. The standard InChI is InChI=1S/C3H8O2.C2H6O3/c1-3(5)2-4;1-3-5-4-2/h3-5H,2H2,1H3;1-2H3. The molecule has 0 saturated carbocycles. The van der Waals surface area contributed by atoms with E-state index < -0.39 is 6.10 Å². The van der Waals surface area contributed by atoms with Gasteiger partial charge in [-0.15, -0.1) is 0 Å². The molecule has 64 valence electrons. The van der Waals surface area contributed by atoms with E-state index in [1.165, 1.54) is 21.1 Å². The zero-order valence-electron chi connectivity index (χ0n) is 6.40. The second-order valence-electron chi connectivity index (χ2n) is 1.43. The van der Waals surface area contributed by atoms with Gasteiger partial charge in [-0.05, 0) is 6.92 Å². The lowest BCUT2D eigenvalue weighted by molar-refractivity contribution is -0.491. The Morgan fingerprint density at radius 2 is 1.60 bits per heavy atom. The van der Waals surface area contributed by atoms with Crippen molar-refractivity contribution in [2.75, 3.05) is 20.8 Å². The molecule has 5 heteroatoms. The molecule has 0 bridgehead atoms. The van der Waals surface area contributed by atoms with E-state index in [9.17, 15) is 0 Å². The highest BCUT2D eigenvalue weighted by atomic mass is 17.5. The van der Waals surface area contributed by atoms with Crippen molar-refractivity contribution in [1.82, 2.24) is 0 Å². The highest BCUT2D eigenvalue weighted by Gasteiger charge is 1.83. The fraction of sp³-hybridized carbons (Fsp3) is 1.00. The topological polar surface area (TPSA) is 68.2 Å². The van der Waals surface area contributed by atoms with Crippen LogP contribution in [0.1, 0.15) is 6.92 Å². The maximum absolute atomic E-state index is 8.11. The van der Waals surface area contributed by atoms with Gasteiger partial charge in [-0.25, -0.2) is 9.78 Å². The molecule has 0 heterocycles. The predicted octanol–water partition coefficient (Wildman–Crippen LogP) is -0.515. The van der Waals surface area contributed by atoms with Gasteiger partial charge in [0.25, 0.3) is 0 Å². The Labute approximate surface area is 60.0 Å². The van der Waals surface area contributed by atoms with Crippen LogP contribution in [0.5, 0.6) is 0 Å². The van der Waals surface area contributed by atoms with Crippen molar-refractivity contribution in [2.24, 2.45) is 0 Å².